The van der Waals surface area contributed by atoms with Gasteiger partial charge in [-0.3, -0.25) is 4.79 Å². The standard InChI is InChI=1S/C17H17ClN2O3.C3H8O/c1-3-23-17-11(2)4-6-13-15(17)20-10-19-14(18)7-5-12(8-9-21)16(13)22;1-3-4-2/h4-7,9-10H,3,8H2,1-2H3,(H,19,20);3H2,1-2H3. The molecule has 27 heavy (non-hydrogen) atoms. The van der Waals surface area contributed by atoms with E-state index in [-0.39, 0.29) is 11.8 Å². The van der Waals surface area contributed by atoms with Crippen LogP contribution in [0, 0.1) is 6.92 Å². The first-order valence-corrected chi connectivity index (χ1v) is 8.96. The van der Waals surface area contributed by atoms with Crippen LogP contribution in [0.3, 0.4) is 0 Å². The SMILES string of the molecule is CCOC.CCOc1c(C)ccc2c(=O)c(CC=O)ccc(Cl)[nH]cnc12. The summed E-state index contributed by atoms with van der Waals surface area (Å²) in [6.07, 6.45) is 2.09. The third kappa shape index (κ3) is 6.66. The average molecular weight is 393 g/mol. The zero-order valence-corrected chi connectivity index (χ0v) is 16.8. The Kier molecular flexibility index (Phi) is 10.1. The molecule has 0 aliphatic carbocycles. The number of carbonyl (C=O) groups is 1. The first-order valence-electron chi connectivity index (χ1n) is 8.59. The van der Waals surface area contributed by atoms with Gasteiger partial charge in [0, 0.05) is 25.7 Å². The fourth-order valence-corrected chi connectivity index (χ4v) is 2.30. The van der Waals surface area contributed by atoms with Gasteiger partial charge in [0.1, 0.15) is 22.7 Å². The predicted molar refractivity (Wildman–Crippen MR) is 108 cm³/mol. The monoisotopic (exact) mass is 392 g/mol. The number of aldehydes is 1. The smallest absolute Gasteiger partial charge is 0.191 e. The minimum absolute atomic E-state index is 0.000497. The molecular weight excluding hydrogens is 368 g/mol. The highest BCUT2D eigenvalue weighted by molar-refractivity contribution is 6.29. The number of aryl methyl sites for hydroxylation is 1. The van der Waals surface area contributed by atoms with Crippen LogP contribution in [0.5, 0.6) is 5.75 Å². The number of fused-ring (bicyclic) bond motifs is 1. The number of H-pyrrole nitrogens is 1. The first kappa shape index (κ1) is 22.6. The van der Waals surface area contributed by atoms with Crippen LogP contribution in [0.15, 0.2) is 35.4 Å². The number of hydrogen-bond acceptors (Lipinski definition) is 5. The summed E-state index contributed by atoms with van der Waals surface area (Å²) < 4.78 is 10.2. The van der Waals surface area contributed by atoms with Gasteiger partial charge in [-0.2, -0.15) is 0 Å². The van der Waals surface area contributed by atoms with E-state index in [1.165, 1.54) is 18.5 Å². The molecule has 0 unspecified atom stereocenters. The Bertz CT molecular complexity index is 878. The maximum Gasteiger partial charge on any atom is 0.191 e. The number of hydrogen-bond donors (Lipinski definition) is 1. The van der Waals surface area contributed by atoms with Crippen molar-refractivity contribution in [2.45, 2.75) is 27.2 Å². The molecule has 0 saturated carbocycles. The molecule has 0 bridgehead atoms. The number of benzene rings is 1. The summed E-state index contributed by atoms with van der Waals surface area (Å²) in [5, 5.41) is 0.677. The average Bonchev–Trinajstić information content (AvgIpc) is 2.67. The Hall–Kier alpha value is -2.44. The molecule has 0 atom stereocenters. The second kappa shape index (κ2) is 12.0. The predicted octanol–water partition coefficient (Wildman–Crippen LogP) is 3.80. The summed E-state index contributed by atoms with van der Waals surface area (Å²) in [5.41, 5.74) is 1.36. The molecule has 0 aliphatic rings. The molecule has 146 valence electrons. The molecule has 0 radical (unpaired) electrons. The summed E-state index contributed by atoms with van der Waals surface area (Å²) in [6.45, 7) is 6.97. The van der Waals surface area contributed by atoms with Crippen LogP contribution >= 0.6 is 11.6 Å². The maximum absolute atomic E-state index is 12.8. The Labute approximate surface area is 163 Å². The van der Waals surface area contributed by atoms with Crippen molar-refractivity contribution in [2.75, 3.05) is 20.3 Å². The third-order valence-corrected chi connectivity index (χ3v) is 3.81. The van der Waals surface area contributed by atoms with E-state index in [4.69, 9.17) is 16.3 Å². The molecule has 2 rings (SSSR count). The van der Waals surface area contributed by atoms with Gasteiger partial charge in [0.25, 0.3) is 0 Å². The van der Waals surface area contributed by atoms with Crippen LogP contribution in [0.1, 0.15) is 25.0 Å². The molecule has 1 aromatic carbocycles. The quantitative estimate of drug-likeness (QED) is 0.782. The summed E-state index contributed by atoms with van der Waals surface area (Å²) in [5.74, 6) is 0.544. The lowest BCUT2D eigenvalue weighted by Gasteiger charge is -2.08. The summed E-state index contributed by atoms with van der Waals surface area (Å²) >= 11 is 5.98. The van der Waals surface area contributed by atoms with E-state index < -0.39 is 0 Å². The van der Waals surface area contributed by atoms with Crippen LogP contribution < -0.4 is 10.2 Å². The number of aromatic amines is 1. The van der Waals surface area contributed by atoms with Crippen LogP contribution in [-0.4, -0.2) is 36.6 Å². The van der Waals surface area contributed by atoms with E-state index in [9.17, 15) is 9.59 Å². The molecule has 6 nitrogen and oxygen atoms in total. The van der Waals surface area contributed by atoms with Gasteiger partial charge in [0.15, 0.2) is 5.43 Å². The second-order valence-corrected chi connectivity index (χ2v) is 5.83. The summed E-state index contributed by atoms with van der Waals surface area (Å²) in [4.78, 5) is 30.7. The molecule has 1 heterocycles. The summed E-state index contributed by atoms with van der Waals surface area (Å²) in [6, 6.07) is 6.55. The number of carbonyl (C=O) groups excluding carboxylic acids is 1. The Balaban J connectivity index is 0.000000828. The minimum atomic E-state index is -0.271. The van der Waals surface area contributed by atoms with E-state index >= 15 is 0 Å². The van der Waals surface area contributed by atoms with Crippen molar-refractivity contribution in [1.82, 2.24) is 9.97 Å². The lowest BCUT2D eigenvalue weighted by atomic mass is 10.1. The summed E-state index contributed by atoms with van der Waals surface area (Å²) in [7, 11) is 1.68. The molecule has 7 heteroatoms. The van der Waals surface area contributed by atoms with Crippen molar-refractivity contribution in [2.24, 2.45) is 0 Å². The normalized spacial score (nSPS) is 9.81. The van der Waals surface area contributed by atoms with Gasteiger partial charge < -0.3 is 19.3 Å². The molecule has 0 saturated heterocycles. The van der Waals surface area contributed by atoms with Crippen molar-refractivity contribution in [3.63, 3.8) is 0 Å². The lowest BCUT2D eigenvalue weighted by molar-refractivity contribution is -0.107. The van der Waals surface area contributed by atoms with Crippen LogP contribution in [0.25, 0.3) is 10.9 Å². The lowest BCUT2D eigenvalue weighted by Crippen LogP contribution is -2.09. The van der Waals surface area contributed by atoms with Gasteiger partial charge in [-0.1, -0.05) is 23.7 Å². The second-order valence-electron chi connectivity index (χ2n) is 5.43. The van der Waals surface area contributed by atoms with Crippen LogP contribution in [0.2, 0.25) is 5.15 Å². The topological polar surface area (TPSA) is 81.3 Å². The van der Waals surface area contributed by atoms with Crippen molar-refractivity contribution >= 4 is 28.8 Å². The third-order valence-electron chi connectivity index (χ3n) is 3.57. The van der Waals surface area contributed by atoms with Crippen molar-refractivity contribution < 1.29 is 14.3 Å². The van der Waals surface area contributed by atoms with Gasteiger partial charge in [-0.15, -0.1) is 0 Å². The van der Waals surface area contributed by atoms with Crippen LogP contribution in [0.4, 0.5) is 0 Å². The Morgan fingerprint density at radius 1 is 1.19 bits per heavy atom. The zero-order valence-electron chi connectivity index (χ0n) is 16.0. The number of ether oxygens (including phenoxy) is 2. The molecule has 0 amide bonds. The zero-order chi connectivity index (χ0) is 20.2. The number of methoxy groups -OCH3 is 1. The molecule has 0 aliphatic heterocycles. The number of nitrogens with zero attached hydrogens (tertiary/aromatic N) is 1. The van der Waals surface area contributed by atoms with E-state index in [1.807, 2.05) is 20.8 Å². The van der Waals surface area contributed by atoms with E-state index in [2.05, 4.69) is 14.7 Å². The molecule has 2 aromatic rings. The molecular formula is C20H25ClN2O4. The van der Waals surface area contributed by atoms with E-state index in [0.717, 1.165) is 12.2 Å². The fraction of sp³-hybridized carbons (Fsp3) is 0.350. The minimum Gasteiger partial charge on any atom is -0.491 e. The highest BCUT2D eigenvalue weighted by atomic mass is 35.5. The Morgan fingerprint density at radius 3 is 2.48 bits per heavy atom. The van der Waals surface area contributed by atoms with Gasteiger partial charge in [-0.25, -0.2) is 4.98 Å². The van der Waals surface area contributed by atoms with Crippen LogP contribution in [-0.2, 0) is 16.0 Å². The van der Waals surface area contributed by atoms with Crippen molar-refractivity contribution in [1.29, 1.82) is 0 Å². The van der Waals surface area contributed by atoms with Gasteiger partial charge in [0.05, 0.1) is 18.3 Å². The molecule has 1 N–H and O–H groups in total. The largest absolute Gasteiger partial charge is 0.491 e. The highest BCUT2D eigenvalue weighted by Gasteiger charge is 2.09. The number of nitrogens with one attached hydrogen (secondary N) is 1. The number of halogens is 1. The van der Waals surface area contributed by atoms with Gasteiger partial charge in [0.2, 0.25) is 0 Å². The highest BCUT2D eigenvalue weighted by Crippen LogP contribution is 2.25. The van der Waals surface area contributed by atoms with E-state index in [0.29, 0.717) is 40.3 Å². The van der Waals surface area contributed by atoms with Gasteiger partial charge in [-0.05, 0) is 38.5 Å². The van der Waals surface area contributed by atoms with E-state index in [1.54, 1.807) is 19.2 Å². The number of rotatable bonds is 5. The molecule has 1 aromatic heterocycles. The van der Waals surface area contributed by atoms with Gasteiger partial charge >= 0.3 is 0 Å². The molecule has 0 fully saturated rings. The first-order chi connectivity index (χ1) is 13.0. The maximum atomic E-state index is 12.8. The van der Waals surface area contributed by atoms with Crippen molar-refractivity contribution in [3.8, 4) is 5.75 Å². The Morgan fingerprint density at radius 2 is 1.89 bits per heavy atom. The van der Waals surface area contributed by atoms with Crippen molar-refractivity contribution in [3.05, 3.63) is 57.1 Å². The fourth-order valence-electron chi connectivity index (χ4n) is 2.19. The number of aromatic nitrogens is 2. The molecule has 0 spiro atoms.